The fraction of sp³-hybridized carbons (Fsp3) is 0.200. The predicted octanol–water partition coefficient (Wildman–Crippen LogP) is 3.12. The maximum Gasteiger partial charge on any atom is 0.168 e. The van der Waals surface area contributed by atoms with E-state index >= 15 is 0 Å². The lowest BCUT2D eigenvalue weighted by molar-refractivity contribution is 0.0991. The molecule has 1 aromatic heterocycles. The fourth-order valence-corrected chi connectivity index (χ4v) is 1.78. The third-order valence-corrected chi connectivity index (χ3v) is 2.79. The molecule has 1 heterocycles. The minimum absolute atomic E-state index is 0.121. The summed E-state index contributed by atoms with van der Waals surface area (Å²) in [6, 6.07) is 11.5. The molecule has 86 valence electrons. The zero-order chi connectivity index (χ0) is 12.3. The molecule has 0 unspecified atom stereocenters. The van der Waals surface area contributed by atoms with E-state index in [0.29, 0.717) is 6.42 Å². The van der Waals surface area contributed by atoms with Crippen molar-refractivity contribution in [2.24, 2.45) is 0 Å². The van der Waals surface area contributed by atoms with E-state index in [0.717, 1.165) is 22.4 Å². The second-order valence-corrected chi connectivity index (χ2v) is 4.24. The second kappa shape index (κ2) is 4.91. The van der Waals surface area contributed by atoms with E-state index in [9.17, 15) is 4.79 Å². The van der Waals surface area contributed by atoms with Crippen molar-refractivity contribution < 1.29 is 4.79 Å². The molecule has 0 atom stereocenters. The molecule has 2 heteroatoms. The molecular formula is C15H15NO. The summed E-state index contributed by atoms with van der Waals surface area (Å²) in [6.45, 7) is 3.97. The van der Waals surface area contributed by atoms with Crippen LogP contribution in [0.4, 0.5) is 0 Å². The summed E-state index contributed by atoms with van der Waals surface area (Å²) in [4.78, 5) is 16.3. The Morgan fingerprint density at radius 3 is 2.71 bits per heavy atom. The number of hydrogen-bond acceptors (Lipinski definition) is 2. The number of aromatic nitrogens is 1. The van der Waals surface area contributed by atoms with Gasteiger partial charge in [0, 0.05) is 11.8 Å². The van der Waals surface area contributed by atoms with Crippen LogP contribution < -0.4 is 0 Å². The number of pyridine rings is 1. The molecule has 0 N–H and O–H groups in total. The molecule has 0 aliphatic carbocycles. The number of carbonyl (C=O) groups excluding carboxylic acids is 1. The number of carbonyl (C=O) groups is 1. The average Bonchev–Trinajstić information content (AvgIpc) is 2.32. The smallest absolute Gasteiger partial charge is 0.168 e. The van der Waals surface area contributed by atoms with Gasteiger partial charge in [-0.2, -0.15) is 0 Å². The van der Waals surface area contributed by atoms with Crippen LogP contribution >= 0.6 is 0 Å². The predicted molar refractivity (Wildman–Crippen MR) is 68.2 cm³/mol. The molecule has 2 aromatic rings. The quantitative estimate of drug-likeness (QED) is 0.751. The Morgan fingerprint density at radius 1 is 1.18 bits per heavy atom. The van der Waals surface area contributed by atoms with E-state index < -0.39 is 0 Å². The highest BCUT2D eigenvalue weighted by molar-refractivity contribution is 5.97. The fourth-order valence-electron chi connectivity index (χ4n) is 1.78. The standard InChI is InChI=1S/C15H15NO/c1-11-5-3-7-13(9-11)15(17)10-14-12(2)6-4-8-16-14/h3-9H,10H2,1-2H3. The molecular weight excluding hydrogens is 210 g/mol. The van der Waals surface area contributed by atoms with Gasteiger partial charge in [-0.25, -0.2) is 0 Å². The summed E-state index contributed by atoms with van der Waals surface area (Å²) in [6.07, 6.45) is 2.10. The minimum atomic E-state index is 0.121. The van der Waals surface area contributed by atoms with E-state index in [1.54, 1.807) is 6.20 Å². The van der Waals surface area contributed by atoms with E-state index in [-0.39, 0.29) is 5.78 Å². The summed E-state index contributed by atoms with van der Waals surface area (Å²) in [5.74, 6) is 0.121. The first-order valence-electron chi connectivity index (χ1n) is 5.67. The van der Waals surface area contributed by atoms with Crippen molar-refractivity contribution in [3.8, 4) is 0 Å². The Morgan fingerprint density at radius 2 is 2.00 bits per heavy atom. The monoisotopic (exact) mass is 225 g/mol. The van der Waals surface area contributed by atoms with Crippen molar-refractivity contribution in [1.82, 2.24) is 4.98 Å². The molecule has 0 aliphatic rings. The van der Waals surface area contributed by atoms with Gasteiger partial charge in [-0.3, -0.25) is 9.78 Å². The first kappa shape index (κ1) is 11.5. The van der Waals surface area contributed by atoms with Crippen LogP contribution in [0.5, 0.6) is 0 Å². The second-order valence-electron chi connectivity index (χ2n) is 4.24. The third kappa shape index (κ3) is 2.78. The average molecular weight is 225 g/mol. The van der Waals surface area contributed by atoms with Gasteiger partial charge in [0.05, 0.1) is 12.1 Å². The van der Waals surface area contributed by atoms with E-state index in [1.165, 1.54) is 0 Å². The summed E-state index contributed by atoms with van der Waals surface area (Å²) >= 11 is 0. The zero-order valence-corrected chi connectivity index (χ0v) is 10.1. The summed E-state index contributed by atoms with van der Waals surface area (Å²) in [7, 11) is 0. The normalized spacial score (nSPS) is 10.2. The van der Waals surface area contributed by atoms with Gasteiger partial charge in [0.1, 0.15) is 0 Å². The molecule has 0 spiro atoms. The van der Waals surface area contributed by atoms with Crippen LogP contribution in [0.2, 0.25) is 0 Å². The number of hydrogen-bond donors (Lipinski definition) is 0. The van der Waals surface area contributed by atoms with Crippen molar-refractivity contribution >= 4 is 5.78 Å². The molecule has 17 heavy (non-hydrogen) atoms. The highest BCUT2D eigenvalue weighted by Crippen LogP contribution is 2.10. The maximum absolute atomic E-state index is 12.1. The van der Waals surface area contributed by atoms with Gasteiger partial charge in [0.2, 0.25) is 0 Å². The molecule has 0 saturated carbocycles. The van der Waals surface area contributed by atoms with Gasteiger partial charge in [-0.1, -0.05) is 29.8 Å². The lowest BCUT2D eigenvalue weighted by Crippen LogP contribution is -2.06. The van der Waals surface area contributed by atoms with Gasteiger partial charge >= 0.3 is 0 Å². The molecule has 2 rings (SSSR count). The molecule has 0 fully saturated rings. The van der Waals surface area contributed by atoms with Crippen LogP contribution in [0.3, 0.4) is 0 Å². The van der Waals surface area contributed by atoms with Crippen molar-refractivity contribution in [2.45, 2.75) is 20.3 Å². The number of Topliss-reactive ketones (excluding diaryl/α,β-unsaturated/α-hetero) is 1. The van der Waals surface area contributed by atoms with E-state index in [1.807, 2.05) is 50.2 Å². The summed E-state index contributed by atoms with van der Waals surface area (Å²) in [5.41, 5.74) is 3.79. The Labute approximate surface area is 101 Å². The van der Waals surface area contributed by atoms with Crippen molar-refractivity contribution in [1.29, 1.82) is 0 Å². The Balaban J connectivity index is 2.20. The van der Waals surface area contributed by atoms with Crippen LogP contribution in [-0.2, 0) is 6.42 Å². The first-order valence-corrected chi connectivity index (χ1v) is 5.67. The molecule has 1 aromatic carbocycles. The maximum atomic E-state index is 12.1. The van der Waals surface area contributed by atoms with Crippen LogP contribution in [0.25, 0.3) is 0 Å². The minimum Gasteiger partial charge on any atom is -0.294 e. The molecule has 0 amide bonds. The Bertz CT molecular complexity index is 546. The molecule has 0 radical (unpaired) electrons. The third-order valence-electron chi connectivity index (χ3n) is 2.79. The highest BCUT2D eigenvalue weighted by atomic mass is 16.1. The largest absolute Gasteiger partial charge is 0.294 e. The van der Waals surface area contributed by atoms with Crippen molar-refractivity contribution in [2.75, 3.05) is 0 Å². The van der Waals surface area contributed by atoms with E-state index in [2.05, 4.69) is 4.98 Å². The van der Waals surface area contributed by atoms with Gasteiger partial charge in [-0.05, 0) is 31.5 Å². The number of aryl methyl sites for hydroxylation is 2. The van der Waals surface area contributed by atoms with E-state index in [4.69, 9.17) is 0 Å². The number of ketones is 1. The van der Waals surface area contributed by atoms with Crippen molar-refractivity contribution in [3.05, 3.63) is 65.0 Å². The number of nitrogens with zero attached hydrogens (tertiary/aromatic N) is 1. The molecule has 0 saturated heterocycles. The van der Waals surface area contributed by atoms with Gasteiger partial charge in [0.15, 0.2) is 5.78 Å². The highest BCUT2D eigenvalue weighted by Gasteiger charge is 2.09. The number of benzene rings is 1. The SMILES string of the molecule is Cc1cccc(C(=O)Cc2ncccc2C)c1. The lowest BCUT2D eigenvalue weighted by Gasteiger charge is -2.04. The Hall–Kier alpha value is -1.96. The van der Waals surface area contributed by atoms with Gasteiger partial charge in [0.25, 0.3) is 0 Å². The van der Waals surface area contributed by atoms with Gasteiger partial charge < -0.3 is 0 Å². The Kier molecular flexibility index (Phi) is 3.33. The number of rotatable bonds is 3. The lowest BCUT2D eigenvalue weighted by atomic mass is 10.0. The van der Waals surface area contributed by atoms with Crippen LogP contribution in [0.15, 0.2) is 42.6 Å². The van der Waals surface area contributed by atoms with Crippen molar-refractivity contribution in [3.63, 3.8) is 0 Å². The molecule has 0 bridgehead atoms. The zero-order valence-electron chi connectivity index (χ0n) is 10.1. The molecule has 0 aliphatic heterocycles. The van der Waals surface area contributed by atoms with Crippen LogP contribution in [0.1, 0.15) is 27.2 Å². The summed E-state index contributed by atoms with van der Waals surface area (Å²) < 4.78 is 0. The summed E-state index contributed by atoms with van der Waals surface area (Å²) in [5, 5.41) is 0. The van der Waals surface area contributed by atoms with Crippen LogP contribution in [-0.4, -0.2) is 10.8 Å². The van der Waals surface area contributed by atoms with Crippen LogP contribution in [0, 0.1) is 13.8 Å². The topological polar surface area (TPSA) is 30.0 Å². The first-order chi connectivity index (χ1) is 8.16. The van der Waals surface area contributed by atoms with Gasteiger partial charge in [-0.15, -0.1) is 0 Å². The molecule has 2 nitrogen and oxygen atoms in total.